The summed E-state index contributed by atoms with van der Waals surface area (Å²) >= 11 is 0. The zero-order valence-electron chi connectivity index (χ0n) is 30.7. The fourth-order valence-electron chi connectivity index (χ4n) is 8.77. The standard InChI is InChI=1S/C54H36N2/c1-3-14-37(15-4-1)38-26-33-44(34-27-38)56-52-35-30-41(36-50(52)53-48-23-11-9-21-46(48)47-22-10-12-24-49(47)54(53)56)39-28-31-43(32-29-39)55(42-18-5-2-6-19-42)51-25-13-17-40-16-7-8-20-45(40)51/h1-36H. The lowest BCUT2D eigenvalue weighted by Crippen LogP contribution is -2.10. The Morgan fingerprint density at radius 2 is 0.839 bits per heavy atom. The van der Waals surface area contributed by atoms with Crippen LogP contribution in [0.3, 0.4) is 0 Å². The molecule has 0 aliphatic rings. The van der Waals surface area contributed by atoms with Gasteiger partial charge in [0.05, 0.1) is 16.7 Å². The number of fused-ring (bicyclic) bond motifs is 9. The summed E-state index contributed by atoms with van der Waals surface area (Å²) in [5, 5.41) is 10.0. The Balaban J connectivity index is 1.10. The highest BCUT2D eigenvalue weighted by Crippen LogP contribution is 2.44. The minimum atomic E-state index is 1.12. The number of nitrogens with zero attached hydrogens (tertiary/aromatic N) is 2. The van der Waals surface area contributed by atoms with E-state index in [1.807, 2.05) is 0 Å². The first kappa shape index (κ1) is 32.0. The summed E-state index contributed by atoms with van der Waals surface area (Å²) in [6, 6.07) is 79.3. The van der Waals surface area contributed by atoms with Gasteiger partial charge in [-0.25, -0.2) is 0 Å². The summed E-state index contributed by atoms with van der Waals surface area (Å²) in [4.78, 5) is 2.36. The molecular formula is C54H36N2. The zero-order valence-corrected chi connectivity index (χ0v) is 30.7. The Labute approximate surface area is 325 Å². The smallest absolute Gasteiger partial charge is 0.0625 e. The Morgan fingerprint density at radius 1 is 0.321 bits per heavy atom. The van der Waals surface area contributed by atoms with Crippen LogP contribution >= 0.6 is 0 Å². The molecule has 0 radical (unpaired) electrons. The average Bonchev–Trinajstić information content (AvgIpc) is 3.63. The first-order chi connectivity index (χ1) is 27.8. The topological polar surface area (TPSA) is 8.17 Å². The summed E-state index contributed by atoms with van der Waals surface area (Å²) < 4.78 is 2.48. The van der Waals surface area contributed by atoms with E-state index < -0.39 is 0 Å². The lowest BCUT2D eigenvalue weighted by molar-refractivity contribution is 1.19. The first-order valence-electron chi connectivity index (χ1n) is 19.3. The van der Waals surface area contributed by atoms with Crippen LogP contribution in [0.15, 0.2) is 218 Å². The number of benzene rings is 10. The molecule has 0 saturated heterocycles. The molecule has 0 atom stereocenters. The summed E-state index contributed by atoms with van der Waals surface area (Å²) in [6.45, 7) is 0. The van der Waals surface area contributed by atoms with Gasteiger partial charge in [-0.2, -0.15) is 0 Å². The summed E-state index contributed by atoms with van der Waals surface area (Å²) in [7, 11) is 0. The molecule has 2 heteroatoms. The van der Waals surface area contributed by atoms with E-state index in [9.17, 15) is 0 Å². The maximum atomic E-state index is 2.48. The quantitative estimate of drug-likeness (QED) is 0.156. The van der Waals surface area contributed by atoms with Crippen LogP contribution in [0.4, 0.5) is 17.1 Å². The summed E-state index contributed by atoms with van der Waals surface area (Å²) in [5.41, 5.74) is 11.8. The molecule has 10 aromatic carbocycles. The predicted octanol–water partition coefficient (Wildman–Crippen LogP) is 15.0. The maximum absolute atomic E-state index is 2.48. The monoisotopic (exact) mass is 712 g/mol. The van der Waals surface area contributed by atoms with Crippen molar-refractivity contribution in [1.29, 1.82) is 0 Å². The predicted molar refractivity (Wildman–Crippen MR) is 239 cm³/mol. The molecule has 11 rings (SSSR count). The Kier molecular flexibility index (Phi) is 7.53. The Hall–Kier alpha value is -7.42. The minimum absolute atomic E-state index is 1.12. The second-order valence-electron chi connectivity index (χ2n) is 14.5. The van der Waals surface area contributed by atoms with Crippen LogP contribution in [0.2, 0.25) is 0 Å². The number of anilines is 3. The molecule has 0 saturated carbocycles. The number of hydrogen-bond donors (Lipinski definition) is 0. The van der Waals surface area contributed by atoms with Gasteiger partial charge in [-0.3, -0.25) is 0 Å². The van der Waals surface area contributed by atoms with Gasteiger partial charge in [-0.15, -0.1) is 0 Å². The van der Waals surface area contributed by atoms with Crippen LogP contribution in [-0.2, 0) is 0 Å². The molecule has 0 unspecified atom stereocenters. The van der Waals surface area contributed by atoms with Crippen molar-refractivity contribution in [3.8, 4) is 27.9 Å². The van der Waals surface area contributed by atoms with Crippen molar-refractivity contribution >= 4 is 71.2 Å². The van der Waals surface area contributed by atoms with Crippen molar-refractivity contribution in [3.05, 3.63) is 218 Å². The van der Waals surface area contributed by atoms with E-state index in [1.54, 1.807) is 0 Å². The normalized spacial score (nSPS) is 11.6. The van der Waals surface area contributed by atoms with Gasteiger partial charge in [0.25, 0.3) is 0 Å². The van der Waals surface area contributed by atoms with Gasteiger partial charge >= 0.3 is 0 Å². The second kappa shape index (κ2) is 13.2. The second-order valence-corrected chi connectivity index (χ2v) is 14.5. The maximum Gasteiger partial charge on any atom is 0.0625 e. The number of para-hydroxylation sites is 1. The highest BCUT2D eigenvalue weighted by Gasteiger charge is 2.20. The van der Waals surface area contributed by atoms with Crippen LogP contribution in [0.5, 0.6) is 0 Å². The Morgan fingerprint density at radius 3 is 1.59 bits per heavy atom. The molecule has 0 fully saturated rings. The van der Waals surface area contributed by atoms with Crippen molar-refractivity contribution in [1.82, 2.24) is 4.57 Å². The molecule has 0 bridgehead atoms. The van der Waals surface area contributed by atoms with E-state index in [1.165, 1.54) is 76.4 Å². The van der Waals surface area contributed by atoms with Crippen LogP contribution in [0.1, 0.15) is 0 Å². The van der Waals surface area contributed by atoms with Crippen molar-refractivity contribution < 1.29 is 0 Å². The molecule has 0 aliphatic carbocycles. The van der Waals surface area contributed by atoms with Gasteiger partial charge in [-0.05, 0) is 98.4 Å². The van der Waals surface area contributed by atoms with Crippen LogP contribution in [0, 0.1) is 0 Å². The average molecular weight is 713 g/mol. The van der Waals surface area contributed by atoms with E-state index in [-0.39, 0.29) is 0 Å². The third-order valence-electron chi connectivity index (χ3n) is 11.3. The van der Waals surface area contributed by atoms with E-state index in [0.29, 0.717) is 0 Å². The van der Waals surface area contributed by atoms with Crippen molar-refractivity contribution in [2.75, 3.05) is 4.90 Å². The largest absolute Gasteiger partial charge is 0.310 e. The number of rotatable bonds is 6. The van der Waals surface area contributed by atoms with Crippen molar-refractivity contribution in [2.24, 2.45) is 0 Å². The molecule has 1 heterocycles. The highest BCUT2D eigenvalue weighted by atomic mass is 15.1. The van der Waals surface area contributed by atoms with Gasteiger partial charge in [0.2, 0.25) is 0 Å². The van der Waals surface area contributed by atoms with Gasteiger partial charge in [0, 0.05) is 38.6 Å². The SMILES string of the molecule is c1ccc(-c2ccc(-n3c4ccc(-c5ccc(N(c6ccccc6)c6cccc7ccccc67)cc5)cc4c4c5ccccc5c5ccccc5c43)cc2)cc1. The van der Waals surface area contributed by atoms with E-state index >= 15 is 0 Å². The van der Waals surface area contributed by atoms with Crippen LogP contribution in [-0.4, -0.2) is 4.57 Å². The summed E-state index contributed by atoms with van der Waals surface area (Å²) in [5.74, 6) is 0. The molecule has 1 aromatic heterocycles. The third-order valence-corrected chi connectivity index (χ3v) is 11.3. The molecular weight excluding hydrogens is 677 g/mol. The van der Waals surface area contributed by atoms with E-state index in [4.69, 9.17) is 0 Å². The molecule has 0 amide bonds. The van der Waals surface area contributed by atoms with Crippen molar-refractivity contribution in [3.63, 3.8) is 0 Å². The Bertz CT molecular complexity index is 3210. The lowest BCUT2D eigenvalue weighted by Gasteiger charge is -2.27. The molecule has 56 heavy (non-hydrogen) atoms. The summed E-state index contributed by atoms with van der Waals surface area (Å²) in [6.07, 6.45) is 0. The fourth-order valence-corrected chi connectivity index (χ4v) is 8.77. The highest BCUT2D eigenvalue weighted by molar-refractivity contribution is 6.32. The molecule has 2 nitrogen and oxygen atoms in total. The van der Waals surface area contributed by atoms with Crippen LogP contribution in [0.25, 0.3) is 82.1 Å². The van der Waals surface area contributed by atoms with Gasteiger partial charge < -0.3 is 9.47 Å². The molecule has 0 aliphatic heterocycles. The third kappa shape index (κ3) is 5.19. The first-order valence-corrected chi connectivity index (χ1v) is 19.3. The van der Waals surface area contributed by atoms with Gasteiger partial charge in [0.1, 0.15) is 0 Å². The van der Waals surface area contributed by atoms with E-state index in [0.717, 1.165) is 22.7 Å². The van der Waals surface area contributed by atoms with Crippen LogP contribution < -0.4 is 4.90 Å². The fraction of sp³-hybridized carbons (Fsp3) is 0. The molecule has 0 spiro atoms. The zero-order chi connectivity index (χ0) is 37.0. The molecule has 0 N–H and O–H groups in total. The minimum Gasteiger partial charge on any atom is -0.310 e. The molecule has 262 valence electrons. The van der Waals surface area contributed by atoms with E-state index in [2.05, 4.69) is 228 Å². The van der Waals surface area contributed by atoms with Gasteiger partial charge in [-0.1, -0.05) is 164 Å². The van der Waals surface area contributed by atoms with Crippen molar-refractivity contribution in [2.45, 2.75) is 0 Å². The molecule has 11 aromatic rings. The lowest BCUT2D eigenvalue weighted by atomic mass is 9.95. The number of aromatic nitrogens is 1. The van der Waals surface area contributed by atoms with Gasteiger partial charge in [0.15, 0.2) is 0 Å². The number of hydrogen-bond acceptors (Lipinski definition) is 1.